The van der Waals surface area contributed by atoms with Crippen molar-refractivity contribution in [2.75, 3.05) is 37.8 Å². The van der Waals surface area contributed by atoms with E-state index < -0.39 is 0 Å². The molecule has 0 aliphatic heterocycles. The summed E-state index contributed by atoms with van der Waals surface area (Å²) in [7, 11) is 1.65. The van der Waals surface area contributed by atoms with Gasteiger partial charge in [-0.2, -0.15) is 0 Å². The minimum Gasteiger partial charge on any atom is -0.342 e. The lowest BCUT2D eigenvalue weighted by molar-refractivity contribution is -0.137. The normalized spacial score (nSPS) is 10.6. The smallest absolute Gasteiger partial charge is 0.242 e. The number of thioether (sulfide) groups is 1. The minimum absolute atomic E-state index is 0.0401. The fourth-order valence-corrected chi connectivity index (χ4v) is 4.29. The highest BCUT2D eigenvalue weighted by Crippen LogP contribution is 2.29. The molecule has 1 aromatic carbocycles. The van der Waals surface area contributed by atoms with Gasteiger partial charge in [-0.1, -0.05) is 40.8 Å². The number of likely N-dealkylation sites (N-methyl/N-ethyl adjacent to an activating group) is 2. The number of aryl methyl sites for hydroxylation is 2. The molecule has 0 saturated heterocycles. The van der Waals surface area contributed by atoms with Crippen LogP contribution in [0.25, 0.3) is 0 Å². The quantitative estimate of drug-likeness (QED) is 0.626. The second kappa shape index (κ2) is 10.4. The van der Waals surface area contributed by atoms with Crippen molar-refractivity contribution in [1.29, 1.82) is 0 Å². The zero-order valence-electron chi connectivity index (χ0n) is 17.0. The SMILES string of the molecule is CCN(CC)C(=O)CN(C)C(=O)CSc1nnc(Nc2ccc(C)cc2C)s1. The van der Waals surface area contributed by atoms with Gasteiger partial charge in [0.25, 0.3) is 0 Å². The zero-order chi connectivity index (χ0) is 20.7. The van der Waals surface area contributed by atoms with Crippen LogP contribution in [0.1, 0.15) is 25.0 Å². The molecule has 0 spiro atoms. The summed E-state index contributed by atoms with van der Waals surface area (Å²) in [6.07, 6.45) is 0. The van der Waals surface area contributed by atoms with E-state index in [1.807, 2.05) is 32.9 Å². The van der Waals surface area contributed by atoms with E-state index in [4.69, 9.17) is 0 Å². The third kappa shape index (κ3) is 6.20. The number of rotatable bonds is 9. The van der Waals surface area contributed by atoms with E-state index in [1.165, 1.54) is 33.6 Å². The molecule has 2 aromatic rings. The zero-order valence-corrected chi connectivity index (χ0v) is 18.6. The molecule has 152 valence electrons. The van der Waals surface area contributed by atoms with Gasteiger partial charge in [0.1, 0.15) is 0 Å². The van der Waals surface area contributed by atoms with Gasteiger partial charge in [0.2, 0.25) is 16.9 Å². The van der Waals surface area contributed by atoms with Crippen molar-refractivity contribution in [1.82, 2.24) is 20.0 Å². The Morgan fingerprint density at radius 1 is 1.14 bits per heavy atom. The number of nitrogens with zero attached hydrogens (tertiary/aromatic N) is 4. The van der Waals surface area contributed by atoms with Crippen molar-refractivity contribution in [2.24, 2.45) is 0 Å². The lowest BCUT2D eigenvalue weighted by Crippen LogP contribution is -2.41. The first-order chi connectivity index (χ1) is 13.3. The number of hydrogen-bond acceptors (Lipinski definition) is 7. The molecule has 1 aromatic heterocycles. The summed E-state index contributed by atoms with van der Waals surface area (Å²) in [5.41, 5.74) is 3.33. The van der Waals surface area contributed by atoms with Crippen LogP contribution in [0.5, 0.6) is 0 Å². The Hall–Kier alpha value is -2.13. The molecular weight excluding hydrogens is 394 g/mol. The number of hydrogen-bond donors (Lipinski definition) is 1. The van der Waals surface area contributed by atoms with E-state index in [2.05, 4.69) is 28.5 Å². The lowest BCUT2D eigenvalue weighted by Gasteiger charge is -2.23. The van der Waals surface area contributed by atoms with Gasteiger partial charge < -0.3 is 15.1 Å². The molecule has 0 saturated carbocycles. The topological polar surface area (TPSA) is 78.4 Å². The van der Waals surface area contributed by atoms with Crippen LogP contribution in [0.4, 0.5) is 10.8 Å². The average molecular weight is 422 g/mol. The van der Waals surface area contributed by atoms with Gasteiger partial charge in [-0.05, 0) is 39.3 Å². The second-order valence-electron chi connectivity index (χ2n) is 6.42. The fourth-order valence-electron chi connectivity index (χ4n) is 2.59. The highest BCUT2D eigenvalue weighted by atomic mass is 32.2. The largest absolute Gasteiger partial charge is 0.342 e. The molecule has 0 unspecified atom stereocenters. The summed E-state index contributed by atoms with van der Waals surface area (Å²) >= 11 is 2.73. The number of benzene rings is 1. The molecule has 0 radical (unpaired) electrons. The van der Waals surface area contributed by atoms with Crippen molar-refractivity contribution in [2.45, 2.75) is 32.0 Å². The van der Waals surface area contributed by atoms with E-state index in [1.54, 1.807) is 11.9 Å². The summed E-state index contributed by atoms with van der Waals surface area (Å²) in [5, 5.41) is 12.2. The maximum atomic E-state index is 12.3. The monoisotopic (exact) mass is 421 g/mol. The predicted octanol–water partition coefficient (Wildman–Crippen LogP) is 3.32. The number of anilines is 2. The molecule has 28 heavy (non-hydrogen) atoms. The number of carbonyl (C=O) groups excluding carboxylic acids is 2. The third-order valence-electron chi connectivity index (χ3n) is 4.26. The van der Waals surface area contributed by atoms with Crippen LogP contribution < -0.4 is 5.32 Å². The Labute approximate surface area is 174 Å². The van der Waals surface area contributed by atoms with Crippen LogP contribution in [-0.4, -0.2) is 64.2 Å². The molecule has 2 rings (SSSR count). The summed E-state index contributed by atoms with van der Waals surface area (Å²) in [6, 6.07) is 6.16. The van der Waals surface area contributed by atoms with E-state index in [-0.39, 0.29) is 24.1 Å². The van der Waals surface area contributed by atoms with Crippen molar-refractivity contribution in [3.63, 3.8) is 0 Å². The summed E-state index contributed by atoms with van der Waals surface area (Å²) in [6.45, 7) is 9.34. The predicted molar refractivity (Wildman–Crippen MR) is 115 cm³/mol. The molecule has 0 aliphatic carbocycles. The number of nitrogens with one attached hydrogen (secondary N) is 1. The maximum Gasteiger partial charge on any atom is 0.242 e. The maximum absolute atomic E-state index is 12.3. The molecular formula is C19H27N5O2S2. The summed E-state index contributed by atoms with van der Waals surface area (Å²) in [4.78, 5) is 27.6. The van der Waals surface area contributed by atoms with Crippen LogP contribution in [0.15, 0.2) is 22.5 Å². The van der Waals surface area contributed by atoms with Gasteiger partial charge >= 0.3 is 0 Å². The van der Waals surface area contributed by atoms with Crippen molar-refractivity contribution >= 4 is 45.7 Å². The standard InChI is InChI=1S/C19H27N5O2S2/c1-6-24(7-2)16(25)11-23(5)17(26)12-27-19-22-21-18(28-19)20-15-9-8-13(3)10-14(15)4/h8-10H,6-7,11-12H2,1-5H3,(H,20,21). The number of aromatic nitrogens is 2. The first kappa shape index (κ1) is 22.2. The Morgan fingerprint density at radius 3 is 2.50 bits per heavy atom. The highest BCUT2D eigenvalue weighted by Gasteiger charge is 2.17. The second-order valence-corrected chi connectivity index (χ2v) is 8.62. The molecule has 1 N–H and O–H groups in total. The number of carbonyl (C=O) groups is 2. The van der Waals surface area contributed by atoms with E-state index in [0.717, 1.165) is 11.3 Å². The van der Waals surface area contributed by atoms with Gasteiger partial charge in [-0.3, -0.25) is 9.59 Å². The summed E-state index contributed by atoms with van der Waals surface area (Å²) in [5.74, 6) is 0.0755. The third-order valence-corrected chi connectivity index (χ3v) is 6.22. The summed E-state index contributed by atoms with van der Waals surface area (Å²) < 4.78 is 0.712. The van der Waals surface area contributed by atoms with E-state index in [0.29, 0.717) is 22.6 Å². The van der Waals surface area contributed by atoms with Crippen LogP contribution in [0.3, 0.4) is 0 Å². The molecule has 2 amide bonds. The fraction of sp³-hybridized carbons (Fsp3) is 0.474. The molecule has 9 heteroatoms. The Bertz CT molecular complexity index is 820. The molecule has 0 atom stereocenters. The van der Waals surface area contributed by atoms with Crippen LogP contribution >= 0.6 is 23.1 Å². The average Bonchev–Trinajstić information content (AvgIpc) is 3.10. The molecule has 0 fully saturated rings. The van der Waals surface area contributed by atoms with Crippen molar-refractivity contribution in [3.05, 3.63) is 29.3 Å². The Morgan fingerprint density at radius 2 is 1.86 bits per heavy atom. The molecule has 0 aliphatic rings. The molecule has 1 heterocycles. The Kier molecular flexibility index (Phi) is 8.25. The highest BCUT2D eigenvalue weighted by molar-refractivity contribution is 8.01. The van der Waals surface area contributed by atoms with Crippen molar-refractivity contribution < 1.29 is 9.59 Å². The molecule has 0 bridgehead atoms. The first-order valence-corrected chi connectivity index (χ1v) is 11.0. The van der Waals surface area contributed by atoms with Crippen LogP contribution in [0.2, 0.25) is 0 Å². The van der Waals surface area contributed by atoms with E-state index >= 15 is 0 Å². The van der Waals surface area contributed by atoms with Gasteiger partial charge in [0.05, 0.1) is 12.3 Å². The van der Waals surface area contributed by atoms with Crippen LogP contribution in [-0.2, 0) is 9.59 Å². The molecule has 7 nitrogen and oxygen atoms in total. The lowest BCUT2D eigenvalue weighted by atomic mass is 10.1. The van der Waals surface area contributed by atoms with Crippen molar-refractivity contribution in [3.8, 4) is 0 Å². The first-order valence-electron chi connectivity index (χ1n) is 9.16. The van der Waals surface area contributed by atoms with Gasteiger partial charge in [-0.15, -0.1) is 10.2 Å². The van der Waals surface area contributed by atoms with Gasteiger partial charge in [-0.25, -0.2) is 0 Å². The Balaban J connectivity index is 1.86. The van der Waals surface area contributed by atoms with E-state index in [9.17, 15) is 9.59 Å². The number of amides is 2. The van der Waals surface area contributed by atoms with Gasteiger partial charge in [0.15, 0.2) is 4.34 Å². The van der Waals surface area contributed by atoms with Crippen LogP contribution in [0, 0.1) is 13.8 Å². The van der Waals surface area contributed by atoms with Gasteiger partial charge in [0, 0.05) is 25.8 Å². The minimum atomic E-state index is -0.107.